The molecule has 5 heteroatoms. The molecule has 0 aliphatic heterocycles. The van der Waals surface area contributed by atoms with E-state index in [4.69, 9.17) is 0 Å². The molecule has 1 aromatic rings. The van der Waals surface area contributed by atoms with Crippen LogP contribution >= 0.6 is 0 Å². The second-order valence-electron chi connectivity index (χ2n) is 5.38. The Balaban J connectivity index is 2.97. The fourth-order valence-electron chi connectivity index (χ4n) is 2.25. The number of hydrogen-bond donors (Lipinski definition) is 2. The highest BCUT2D eigenvalue weighted by atomic mass is 32.2. The van der Waals surface area contributed by atoms with Crippen LogP contribution in [-0.4, -0.2) is 21.0 Å². The highest BCUT2D eigenvalue weighted by Gasteiger charge is 2.19. The fraction of sp³-hybridized carbons (Fsp3) is 0.625. The van der Waals surface area contributed by atoms with Gasteiger partial charge in [0.1, 0.15) is 0 Å². The fourth-order valence-corrected chi connectivity index (χ4v) is 3.65. The molecule has 0 amide bonds. The average molecular weight is 312 g/mol. The van der Waals surface area contributed by atoms with E-state index < -0.39 is 10.0 Å². The lowest BCUT2D eigenvalue weighted by Crippen LogP contribution is -2.34. The van der Waals surface area contributed by atoms with Crippen LogP contribution in [0.15, 0.2) is 23.1 Å². The maximum Gasteiger partial charge on any atom is 0.240 e. The topological polar surface area (TPSA) is 58.2 Å². The normalized spacial score (nSPS) is 13.3. The second-order valence-corrected chi connectivity index (χ2v) is 7.10. The van der Waals surface area contributed by atoms with Gasteiger partial charge in [-0.05, 0) is 49.6 Å². The molecule has 1 aromatic carbocycles. The first-order chi connectivity index (χ1) is 9.94. The minimum atomic E-state index is -3.44. The second kappa shape index (κ2) is 8.51. The maximum absolute atomic E-state index is 12.5. The van der Waals surface area contributed by atoms with Crippen LogP contribution in [-0.2, 0) is 16.6 Å². The van der Waals surface area contributed by atoms with Crippen molar-refractivity contribution >= 4 is 10.0 Å². The highest BCUT2D eigenvalue weighted by molar-refractivity contribution is 7.89. The predicted octanol–water partition coefficient (Wildman–Crippen LogP) is 2.96. The van der Waals surface area contributed by atoms with E-state index in [-0.39, 0.29) is 6.04 Å². The van der Waals surface area contributed by atoms with Gasteiger partial charge in [0, 0.05) is 12.6 Å². The van der Waals surface area contributed by atoms with Gasteiger partial charge in [0.25, 0.3) is 0 Å². The molecule has 0 saturated heterocycles. The zero-order valence-corrected chi connectivity index (χ0v) is 14.4. The Kier molecular flexibility index (Phi) is 7.35. The van der Waals surface area contributed by atoms with Crippen molar-refractivity contribution < 1.29 is 8.42 Å². The van der Waals surface area contributed by atoms with E-state index >= 15 is 0 Å². The standard InChI is InChI=1S/C16H28N2O2S/c1-5-8-15(6-2)18-21(19,20)16-10-9-13(4)14(11-16)12-17-7-3/h9-11,15,17-18H,5-8,12H2,1-4H3. The van der Waals surface area contributed by atoms with Crippen LogP contribution in [0.1, 0.15) is 51.2 Å². The van der Waals surface area contributed by atoms with Crippen molar-refractivity contribution in [2.45, 2.75) is 64.4 Å². The molecule has 0 aromatic heterocycles. The van der Waals surface area contributed by atoms with Crippen LogP contribution in [0.25, 0.3) is 0 Å². The Morgan fingerprint density at radius 2 is 1.90 bits per heavy atom. The zero-order valence-electron chi connectivity index (χ0n) is 13.6. The minimum absolute atomic E-state index is 0.0125. The Hall–Kier alpha value is -0.910. The Morgan fingerprint density at radius 1 is 1.19 bits per heavy atom. The molecule has 1 atom stereocenters. The van der Waals surface area contributed by atoms with Crippen molar-refractivity contribution in [3.8, 4) is 0 Å². The predicted molar refractivity (Wildman–Crippen MR) is 87.9 cm³/mol. The third-order valence-electron chi connectivity index (χ3n) is 3.65. The molecule has 0 radical (unpaired) electrons. The largest absolute Gasteiger partial charge is 0.313 e. The minimum Gasteiger partial charge on any atom is -0.313 e. The summed E-state index contributed by atoms with van der Waals surface area (Å²) in [6.07, 6.45) is 2.65. The first-order valence-corrected chi connectivity index (χ1v) is 9.25. The van der Waals surface area contributed by atoms with Gasteiger partial charge in [-0.2, -0.15) is 0 Å². The van der Waals surface area contributed by atoms with E-state index in [2.05, 4.69) is 17.0 Å². The summed E-state index contributed by atoms with van der Waals surface area (Å²) in [7, 11) is -3.44. The van der Waals surface area contributed by atoms with E-state index in [0.29, 0.717) is 11.4 Å². The zero-order chi connectivity index (χ0) is 15.9. The third kappa shape index (κ3) is 5.41. The number of aryl methyl sites for hydroxylation is 1. The Labute approximate surface area is 129 Å². The van der Waals surface area contributed by atoms with Gasteiger partial charge in [0.05, 0.1) is 4.90 Å². The van der Waals surface area contributed by atoms with Crippen LogP contribution in [0.2, 0.25) is 0 Å². The van der Waals surface area contributed by atoms with E-state index in [1.165, 1.54) is 0 Å². The summed E-state index contributed by atoms with van der Waals surface area (Å²) in [5, 5.41) is 3.24. The monoisotopic (exact) mass is 312 g/mol. The van der Waals surface area contributed by atoms with Crippen molar-refractivity contribution in [3.63, 3.8) is 0 Å². The SMILES string of the molecule is CCCC(CC)NS(=O)(=O)c1ccc(C)c(CNCC)c1. The first kappa shape index (κ1) is 18.1. The van der Waals surface area contributed by atoms with Gasteiger partial charge in [0.15, 0.2) is 0 Å². The molecule has 1 unspecified atom stereocenters. The summed E-state index contributed by atoms with van der Waals surface area (Å²) in [4.78, 5) is 0.357. The van der Waals surface area contributed by atoms with Crippen molar-refractivity contribution in [2.75, 3.05) is 6.54 Å². The molecular formula is C16H28N2O2S. The van der Waals surface area contributed by atoms with Crippen molar-refractivity contribution in [1.29, 1.82) is 0 Å². The number of nitrogens with one attached hydrogen (secondary N) is 2. The van der Waals surface area contributed by atoms with Crippen molar-refractivity contribution in [2.24, 2.45) is 0 Å². The molecule has 0 saturated carbocycles. The number of benzene rings is 1. The van der Waals surface area contributed by atoms with Crippen LogP contribution in [0, 0.1) is 6.92 Å². The van der Waals surface area contributed by atoms with Gasteiger partial charge < -0.3 is 5.32 Å². The Bertz CT molecular complexity index is 541. The molecule has 0 fully saturated rings. The molecular weight excluding hydrogens is 284 g/mol. The van der Waals surface area contributed by atoms with E-state index in [0.717, 1.165) is 36.9 Å². The molecule has 4 nitrogen and oxygen atoms in total. The average Bonchev–Trinajstić information content (AvgIpc) is 2.45. The van der Waals surface area contributed by atoms with Gasteiger partial charge >= 0.3 is 0 Å². The van der Waals surface area contributed by atoms with E-state index in [1.807, 2.05) is 26.8 Å². The van der Waals surface area contributed by atoms with Crippen molar-refractivity contribution in [3.05, 3.63) is 29.3 Å². The third-order valence-corrected chi connectivity index (χ3v) is 5.17. The highest BCUT2D eigenvalue weighted by Crippen LogP contribution is 2.17. The lowest BCUT2D eigenvalue weighted by Gasteiger charge is -2.17. The smallest absolute Gasteiger partial charge is 0.240 e. The van der Waals surface area contributed by atoms with Gasteiger partial charge in [-0.15, -0.1) is 0 Å². The van der Waals surface area contributed by atoms with Crippen LogP contribution in [0.3, 0.4) is 0 Å². The lowest BCUT2D eigenvalue weighted by molar-refractivity contribution is 0.512. The molecule has 0 heterocycles. The molecule has 0 aliphatic carbocycles. The molecule has 0 aliphatic rings. The number of rotatable bonds is 9. The molecule has 2 N–H and O–H groups in total. The quantitative estimate of drug-likeness (QED) is 0.737. The summed E-state index contributed by atoms with van der Waals surface area (Å²) in [6.45, 7) is 9.67. The molecule has 120 valence electrons. The molecule has 1 rings (SSSR count). The van der Waals surface area contributed by atoms with Gasteiger partial charge in [-0.25, -0.2) is 13.1 Å². The molecule has 0 bridgehead atoms. The van der Waals surface area contributed by atoms with E-state index in [1.54, 1.807) is 12.1 Å². The van der Waals surface area contributed by atoms with E-state index in [9.17, 15) is 8.42 Å². The number of sulfonamides is 1. The maximum atomic E-state index is 12.5. The van der Waals surface area contributed by atoms with Gasteiger partial charge in [-0.3, -0.25) is 0 Å². The summed E-state index contributed by atoms with van der Waals surface area (Å²) in [5.41, 5.74) is 2.14. The molecule has 21 heavy (non-hydrogen) atoms. The Morgan fingerprint density at radius 3 is 2.48 bits per heavy atom. The summed E-state index contributed by atoms with van der Waals surface area (Å²) >= 11 is 0. The first-order valence-electron chi connectivity index (χ1n) is 7.77. The summed E-state index contributed by atoms with van der Waals surface area (Å²) < 4.78 is 27.8. The number of hydrogen-bond acceptors (Lipinski definition) is 3. The van der Waals surface area contributed by atoms with Crippen LogP contribution in [0.4, 0.5) is 0 Å². The van der Waals surface area contributed by atoms with Crippen LogP contribution in [0.5, 0.6) is 0 Å². The summed E-state index contributed by atoms with van der Waals surface area (Å²) in [5.74, 6) is 0. The summed E-state index contributed by atoms with van der Waals surface area (Å²) in [6, 6.07) is 5.35. The molecule has 0 spiro atoms. The van der Waals surface area contributed by atoms with Crippen molar-refractivity contribution in [1.82, 2.24) is 10.0 Å². The lowest BCUT2D eigenvalue weighted by atomic mass is 10.1. The van der Waals surface area contributed by atoms with Gasteiger partial charge in [0.2, 0.25) is 10.0 Å². The van der Waals surface area contributed by atoms with Gasteiger partial charge in [-0.1, -0.05) is 33.3 Å². The van der Waals surface area contributed by atoms with Crippen LogP contribution < -0.4 is 10.0 Å².